The van der Waals surface area contributed by atoms with Crippen LogP contribution in [0.4, 0.5) is 0 Å². The number of ether oxygens (including phenoxy) is 2. The third-order valence-corrected chi connectivity index (χ3v) is 10.2. The quantitative estimate of drug-likeness (QED) is 0.0216. The first kappa shape index (κ1) is 51.5. The van der Waals surface area contributed by atoms with E-state index < -0.39 is 26.5 Å². The van der Waals surface area contributed by atoms with Gasteiger partial charge in [0.05, 0.1) is 27.7 Å². The minimum Gasteiger partial charge on any atom is -0.462 e. The van der Waals surface area contributed by atoms with E-state index >= 15 is 0 Å². The Labute approximate surface area is 326 Å². The number of phosphoric acid groups is 1. The molecule has 312 valence electrons. The number of hydrogen-bond donors (Lipinski definition) is 1. The van der Waals surface area contributed by atoms with Gasteiger partial charge in [0.1, 0.15) is 19.8 Å². The van der Waals surface area contributed by atoms with E-state index in [0.717, 1.165) is 51.4 Å². The minimum absolute atomic E-state index is 0.0321. The third-order valence-electron chi connectivity index (χ3n) is 9.23. The second-order valence-electron chi connectivity index (χ2n) is 15.7. The molecule has 0 radical (unpaired) electrons. The first-order chi connectivity index (χ1) is 25.5. The minimum atomic E-state index is -4.37. The summed E-state index contributed by atoms with van der Waals surface area (Å²) in [5.74, 6) is -0.803. The van der Waals surface area contributed by atoms with E-state index in [-0.39, 0.29) is 32.0 Å². The van der Waals surface area contributed by atoms with E-state index in [1.165, 1.54) is 103 Å². The number of unbranched alkanes of at least 4 members (excludes halogenated alkanes) is 21. The maximum Gasteiger partial charge on any atom is 0.472 e. The SMILES string of the molecule is CCCCC/C=C/C/C=C/CCCCCCCCCC(=O)OC[C@@H](COP(=O)(O)OCC[N+](C)(C)C)OC(=O)CCCCCCCCCCCCCC. The van der Waals surface area contributed by atoms with Gasteiger partial charge in [-0.3, -0.25) is 18.6 Å². The number of carbonyl (C=O) groups is 2. The monoisotopic (exact) mass is 773 g/mol. The van der Waals surface area contributed by atoms with Crippen molar-refractivity contribution in [2.75, 3.05) is 47.5 Å². The summed E-state index contributed by atoms with van der Waals surface area (Å²) < 4.78 is 34.3. The van der Waals surface area contributed by atoms with Gasteiger partial charge in [-0.2, -0.15) is 0 Å². The van der Waals surface area contributed by atoms with E-state index in [1.54, 1.807) is 0 Å². The second kappa shape index (κ2) is 36.1. The number of nitrogens with zero attached hydrogens (tertiary/aromatic N) is 1. The molecule has 0 rings (SSSR count). The molecule has 0 spiro atoms. The zero-order valence-electron chi connectivity index (χ0n) is 35.0. The van der Waals surface area contributed by atoms with Crippen LogP contribution >= 0.6 is 7.82 Å². The fourth-order valence-electron chi connectivity index (χ4n) is 5.81. The summed E-state index contributed by atoms with van der Waals surface area (Å²) in [4.78, 5) is 35.3. The molecule has 0 bridgehead atoms. The van der Waals surface area contributed by atoms with Crippen LogP contribution in [0.5, 0.6) is 0 Å². The number of hydrogen-bond acceptors (Lipinski definition) is 7. The Balaban J connectivity index is 4.35. The molecule has 9 nitrogen and oxygen atoms in total. The fraction of sp³-hybridized carbons (Fsp3) is 0.860. The molecular formula is C43H83NO8P+. The molecule has 0 saturated heterocycles. The van der Waals surface area contributed by atoms with Crippen molar-refractivity contribution in [2.45, 2.75) is 193 Å². The Morgan fingerprint density at radius 3 is 1.53 bits per heavy atom. The van der Waals surface area contributed by atoms with Crippen LogP contribution in [0, 0.1) is 0 Å². The molecule has 2 atom stereocenters. The molecule has 0 aromatic carbocycles. The highest BCUT2D eigenvalue weighted by molar-refractivity contribution is 7.47. The van der Waals surface area contributed by atoms with Crippen LogP contribution in [0.2, 0.25) is 0 Å². The average molecular weight is 773 g/mol. The number of allylic oxidation sites excluding steroid dienone is 4. The van der Waals surface area contributed by atoms with Crippen LogP contribution in [0.1, 0.15) is 187 Å². The van der Waals surface area contributed by atoms with Gasteiger partial charge < -0.3 is 18.9 Å². The highest BCUT2D eigenvalue weighted by atomic mass is 31.2. The Morgan fingerprint density at radius 1 is 0.585 bits per heavy atom. The van der Waals surface area contributed by atoms with Crippen LogP contribution in [-0.4, -0.2) is 74.9 Å². The lowest BCUT2D eigenvalue weighted by Crippen LogP contribution is -2.37. The Bertz CT molecular complexity index is 964. The van der Waals surface area contributed by atoms with Gasteiger partial charge in [-0.05, 0) is 44.9 Å². The van der Waals surface area contributed by atoms with Crippen LogP contribution < -0.4 is 0 Å². The van der Waals surface area contributed by atoms with E-state index in [2.05, 4.69) is 38.2 Å². The summed E-state index contributed by atoms with van der Waals surface area (Å²) in [6.45, 7) is 4.39. The normalized spacial score (nSPS) is 13.8. The topological polar surface area (TPSA) is 108 Å². The van der Waals surface area contributed by atoms with Crippen molar-refractivity contribution in [3.63, 3.8) is 0 Å². The molecule has 0 saturated carbocycles. The molecule has 1 N–H and O–H groups in total. The van der Waals surface area contributed by atoms with Crippen LogP contribution in [0.25, 0.3) is 0 Å². The summed E-state index contributed by atoms with van der Waals surface area (Å²) in [6, 6.07) is 0. The zero-order valence-corrected chi connectivity index (χ0v) is 35.9. The van der Waals surface area contributed by atoms with Gasteiger partial charge in [0, 0.05) is 12.8 Å². The van der Waals surface area contributed by atoms with Crippen molar-refractivity contribution >= 4 is 19.8 Å². The van der Waals surface area contributed by atoms with Gasteiger partial charge in [0.15, 0.2) is 6.10 Å². The van der Waals surface area contributed by atoms with Crippen molar-refractivity contribution < 1.29 is 42.1 Å². The Morgan fingerprint density at radius 2 is 1.02 bits per heavy atom. The molecule has 0 heterocycles. The number of quaternary nitrogens is 1. The van der Waals surface area contributed by atoms with Gasteiger partial charge in [-0.1, -0.05) is 154 Å². The van der Waals surface area contributed by atoms with E-state index in [0.29, 0.717) is 17.4 Å². The lowest BCUT2D eigenvalue weighted by Gasteiger charge is -2.24. The van der Waals surface area contributed by atoms with E-state index in [4.69, 9.17) is 18.5 Å². The maximum absolute atomic E-state index is 12.6. The molecular weight excluding hydrogens is 689 g/mol. The van der Waals surface area contributed by atoms with Gasteiger partial charge in [0.2, 0.25) is 0 Å². The predicted octanol–water partition coefficient (Wildman–Crippen LogP) is 12.0. The summed E-state index contributed by atoms with van der Waals surface area (Å²) in [5.41, 5.74) is 0. The van der Waals surface area contributed by atoms with Crippen molar-refractivity contribution in [3.8, 4) is 0 Å². The van der Waals surface area contributed by atoms with Gasteiger partial charge in [-0.15, -0.1) is 0 Å². The molecule has 0 aliphatic heterocycles. The third kappa shape index (κ3) is 40.0. The summed E-state index contributed by atoms with van der Waals surface area (Å²) in [5, 5.41) is 0. The smallest absolute Gasteiger partial charge is 0.462 e. The van der Waals surface area contributed by atoms with Gasteiger partial charge in [0.25, 0.3) is 0 Å². The number of phosphoric ester groups is 1. The number of esters is 2. The molecule has 1 unspecified atom stereocenters. The van der Waals surface area contributed by atoms with Crippen molar-refractivity contribution in [2.24, 2.45) is 0 Å². The summed E-state index contributed by atoms with van der Waals surface area (Å²) in [6.07, 6.45) is 37.9. The molecule has 0 fully saturated rings. The highest BCUT2D eigenvalue weighted by Crippen LogP contribution is 2.43. The van der Waals surface area contributed by atoms with E-state index in [9.17, 15) is 19.0 Å². The van der Waals surface area contributed by atoms with Crippen LogP contribution in [0.15, 0.2) is 24.3 Å². The molecule has 0 aromatic heterocycles. The molecule has 53 heavy (non-hydrogen) atoms. The first-order valence-electron chi connectivity index (χ1n) is 21.6. The fourth-order valence-corrected chi connectivity index (χ4v) is 6.55. The Hall–Kier alpha value is -1.51. The van der Waals surface area contributed by atoms with Crippen molar-refractivity contribution in [3.05, 3.63) is 24.3 Å². The maximum atomic E-state index is 12.6. The first-order valence-corrected chi connectivity index (χ1v) is 23.1. The van der Waals surface area contributed by atoms with Crippen LogP contribution in [-0.2, 0) is 32.7 Å². The molecule has 0 aromatic rings. The molecule has 0 aliphatic rings. The number of likely N-dealkylation sites (N-methyl/N-ethyl adjacent to an activating group) is 1. The summed E-state index contributed by atoms with van der Waals surface area (Å²) >= 11 is 0. The standard InChI is InChI=1S/C43H82NO8P/c1-6-8-10-12-14-16-18-20-21-22-23-24-26-27-29-31-33-35-42(45)49-39-41(40-51-53(47,48)50-38-37-44(3,4)5)52-43(46)36-34-32-30-28-25-19-17-15-13-11-9-7-2/h14,16,20-21,41H,6-13,15,17-19,22-40H2,1-5H3/p+1/b16-14+,21-20+/t41-/m0/s1. The molecule has 0 amide bonds. The molecule has 0 aliphatic carbocycles. The molecule has 10 heteroatoms. The van der Waals surface area contributed by atoms with E-state index in [1.807, 2.05) is 21.1 Å². The van der Waals surface area contributed by atoms with Crippen LogP contribution in [0.3, 0.4) is 0 Å². The highest BCUT2D eigenvalue weighted by Gasteiger charge is 2.27. The number of carbonyl (C=O) groups excluding carboxylic acids is 2. The summed E-state index contributed by atoms with van der Waals surface area (Å²) in [7, 11) is 1.48. The van der Waals surface area contributed by atoms with Gasteiger partial charge in [-0.25, -0.2) is 4.57 Å². The lowest BCUT2D eigenvalue weighted by molar-refractivity contribution is -0.870. The zero-order chi connectivity index (χ0) is 39.3. The van der Waals surface area contributed by atoms with Crippen molar-refractivity contribution in [1.82, 2.24) is 0 Å². The average Bonchev–Trinajstić information content (AvgIpc) is 3.10. The lowest BCUT2D eigenvalue weighted by atomic mass is 10.0. The second-order valence-corrected chi connectivity index (χ2v) is 17.2. The van der Waals surface area contributed by atoms with Crippen molar-refractivity contribution in [1.29, 1.82) is 0 Å². The Kier molecular flexibility index (Phi) is 35.1. The predicted molar refractivity (Wildman–Crippen MR) is 220 cm³/mol. The van der Waals surface area contributed by atoms with Gasteiger partial charge >= 0.3 is 19.8 Å². The number of rotatable bonds is 39. The largest absolute Gasteiger partial charge is 0.472 e.